The van der Waals surface area contributed by atoms with E-state index in [1.165, 1.54) is 12.0 Å². The van der Waals surface area contributed by atoms with Crippen LogP contribution in [0.15, 0.2) is 54.6 Å². The number of hydrogen-bond donors (Lipinski definition) is 0. The molecule has 1 rings (SSSR count). The molecule has 0 bridgehead atoms. The standard InChI is InChI=1S/C20H27NO4/c1-15(18(22)24-6)12-13-17(16-10-8-7-9-11-16)14-21(5)19(23)25-20(2,3)4/h7-13,17H,1,14H2,2-6H3/b13-12-. The molecule has 0 fully saturated rings. The van der Waals surface area contributed by atoms with Crippen LogP contribution in [0.25, 0.3) is 0 Å². The lowest BCUT2D eigenvalue weighted by atomic mass is 9.97. The number of carbonyl (C=O) groups excluding carboxylic acids is 2. The zero-order valence-corrected chi connectivity index (χ0v) is 15.6. The first kappa shape index (κ1) is 20.5. The molecule has 0 heterocycles. The lowest BCUT2D eigenvalue weighted by Crippen LogP contribution is -2.36. The van der Waals surface area contributed by atoms with E-state index in [4.69, 9.17) is 4.74 Å². The maximum Gasteiger partial charge on any atom is 0.410 e. The van der Waals surface area contributed by atoms with Crippen LogP contribution in [0, 0.1) is 0 Å². The summed E-state index contributed by atoms with van der Waals surface area (Å²) in [4.78, 5) is 25.2. The number of esters is 1. The molecule has 1 atom stereocenters. The summed E-state index contributed by atoms with van der Waals surface area (Å²) in [6.45, 7) is 9.58. The van der Waals surface area contributed by atoms with E-state index in [1.807, 2.05) is 57.2 Å². The minimum absolute atomic E-state index is 0.111. The quantitative estimate of drug-likeness (QED) is 0.445. The van der Waals surface area contributed by atoms with Gasteiger partial charge in [-0.05, 0) is 26.3 Å². The summed E-state index contributed by atoms with van der Waals surface area (Å²) in [6.07, 6.45) is 3.07. The van der Waals surface area contributed by atoms with Crippen molar-refractivity contribution in [2.24, 2.45) is 0 Å². The zero-order chi connectivity index (χ0) is 19.0. The van der Waals surface area contributed by atoms with Crippen LogP contribution in [0.1, 0.15) is 32.3 Å². The van der Waals surface area contributed by atoms with Gasteiger partial charge in [0.1, 0.15) is 5.60 Å². The molecule has 5 heteroatoms. The Labute approximate surface area is 149 Å². The SMILES string of the molecule is C=C(/C=C\C(CN(C)C(=O)OC(C)(C)C)c1ccccc1)C(=O)OC. The fourth-order valence-corrected chi connectivity index (χ4v) is 2.12. The van der Waals surface area contributed by atoms with Crippen LogP contribution in [0.5, 0.6) is 0 Å². The summed E-state index contributed by atoms with van der Waals surface area (Å²) in [5.74, 6) is -0.594. The van der Waals surface area contributed by atoms with Crippen molar-refractivity contribution >= 4 is 12.1 Å². The van der Waals surface area contributed by atoms with Gasteiger partial charge in [-0.3, -0.25) is 0 Å². The molecule has 0 aliphatic carbocycles. The molecule has 0 spiro atoms. The lowest BCUT2D eigenvalue weighted by molar-refractivity contribution is -0.135. The van der Waals surface area contributed by atoms with Gasteiger partial charge in [0.15, 0.2) is 0 Å². The van der Waals surface area contributed by atoms with Crippen LogP contribution in [-0.4, -0.2) is 43.3 Å². The van der Waals surface area contributed by atoms with Crippen molar-refractivity contribution in [1.29, 1.82) is 0 Å². The van der Waals surface area contributed by atoms with Gasteiger partial charge in [0.2, 0.25) is 0 Å². The van der Waals surface area contributed by atoms with Gasteiger partial charge >= 0.3 is 12.1 Å². The van der Waals surface area contributed by atoms with Crippen molar-refractivity contribution < 1.29 is 19.1 Å². The van der Waals surface area contributed by atoms with E-state index in [1.54, 1.807) is 13.1 Å². The van der Waals surface area contributed by atoms with E-state index >= 15 is 0 Å². The molecular formula is C20H27NO4. The number of hydrogen-bond acceptors (Lipinski definition) is 4. The van der Waals surface area contributed by atoms with Crippen molar-refractivity contribution in [3.8, 4) is 0 Å². The highest BCUT2D eigenvalue weighted by Crippen LogP contribution is 2.20. The summed E-state index contributed by atoms with van der Waals surface area (Å²) in [7, 11) is 3.00. The van der Waals surface area contributed by atoms with Crippen LogP contribution >= 0.6 is 0 Å². The second kappa shape index (κ2) is 9.06. The topological polar surface area (TPSA) is 55.8 Å². The first-order valence-corrected chi connectivity index (χ1v) is 8.08. The summed E-state index contributed by atoms with van der Waals surface area (Å²) in [5.41, 5.74) is 0.720. The molecule has 1 unspecified atom stereocenters. The second-order valence-corrected chi connectivity index (χ2v) is 6.75. The van der Waals surface area contributed by atoms with Gasteiger partial charge in [0.25, 0.3) is 0 Å². The third-order valence-electron chi connectivity index (χ3n) is 3.38. The van der Waals surface area contributed by atoms with E-state index < -0.39 is 17.7 Å². The van der Waals surface area contributed by atoms with Crippen molar-refractivity contribution in [2.45, 2.75) is 32.3 Å². The van der Waals surface area contributed by atoms with Gasteiger partial charge in [-0.1, -0.05) is 49.1 Å². The normalized spacial score (nSPS) is 12.5. The Bertz CT molecular complexity index is 629. The van der Waals surface area contributed by atoms with E-state index in [2.05, 4.69) is 11.3 Å². The number of methoxy groups -OCH3 is 1. The van der Waals surface area contributed by atoms with Crippen molar-refractivity contribution in [3.05, 3.63) is 60.2 Å². The molecule has 1 aromatic carbocycles. The zero-order valence-electron chi connectivity index (χ0n) is 15.6. The molecule has 5 nitrogen and oxygen atoms in total. The monoisotopic (exact) mass is 345 g/mol. The van der Waals surface area contributed by atoms with Crippen LogP contribution in [0.3, 0.4) is 0 Å². The molecule has 0 aromatic heterocycles. The third-order valence-corrected chi connectivity index (χ3v) is 3.38. The number of ether oxygens (including phenoxy) is 2. The van der Waals surface area contributed by atoms with Gasteiger partial charge in [-0.15, -0.1) is 0 Å². The molecule has 0 saturated heterocycles. The first-order chi connectivity index (χ1) is 11.6. The molecule has 136 valence electrons. The molecule has 0 radical (unpaired) electrons. The average Bonchev–Trinajstić information content (AvgIpc) is 2.56. The smallest absolute Gasteiger partial charge is 0.410 e. The van der Waals surface area contributed by atoms with Gasteiger partial charge in [-0.2, -0.15) is 0 Å². The predicted octanol–water partition coefficient (Wildman–Crippen LogP) is 3.92. The molecule has 1 aromatic rings. The number of benzene rings is 1. The summed E-state index contributed by atoms with van der Waals surface area (Å²) in [6, 6.07) is 9.73. The maximum atomic E-state index is 12.2. The Morgan fingerprint density at radius 3 is 2.36 bits per heavy atom. The first-order valence-electron chi connectivity index (χ1n) is 8.08. The number of rotatable bonds is 6. The van der Waals surface area contributed by atoms with Crippen molar-refractivity contribution in [2.75, 3.05) is 20.7 Å². The van der Waals surface area contributed by atoms with Gasteiger partial charge in [-0.25, -0.2) is 9.59 Å². The summed E-state index contributed by atoms with van der Waals surface area (Å²) >= 11 is 0. The molecule has 0 aliphatic rings. The van der Waals surface area contributed by atoms with E-state index in [9.17, 15) is 9.59 Å². The molecule has 25 heavy (non-hydrogen) atoms. The van der Waals surface area contributed by atoms with Crippen LogP contribution in [0.2, 0.25) is 0 Å². The Balaban J connectivity index is 2.93. The van der Waals surface area contributed by atoms with Gasteiger partial charge in [0, 0.05) is 19.5 Å². The number of amides is 1. The summed E-state index contributed by atoms with van der Waals surface area (Å²) in [5, 5.41) is 0. The largest absolute Gasteiger partial charge is 0.465 e. The third kappa shape index (κ3) is 7.25. The van der Waals surface area contributed by atoms with Gasteiger partial charge < -0.3 is 14.4 Å². The minimum Gasteiger partial charge on any atom is -0.465 e. The highest BCUT2D eigenvalue weighted by atomic mass is 16.6. The van der Waals surface area contributed by atoms with E-state index in [0.29, 0.717) is 6.54 Å². The number of nitrogens with zero attached hydrogens (tertiary/aromatic N) is 1. The van der Waals surface area contributed by atoms with Crippen LogP contribution in [-0.2, 0) is 14.3 Å². The Kier molecular flexibility index (Phi) is 7.43. The number of likely N-dealkylation sites (N-methyl/N-ethyl adjacent to an activating group) is 1. The highest BCUT2D eigenvalue weighted by Gasteiger charge is 2.22. The molecule has 0 aliphatic heterocycles. The fourth-order valence-electron chi connectivity index (χ4n) is 2.12. The average molecular weight is 345 g/mol. The van der Waals surface area contributed by atoms with Gasteiger partial charge in [0.05, 0.1) is 12.7 Å². The van der Waals surface area contributed by atoms with E-state index in [0.717, 1.165) is 5.56 Å². The molecular weight excluding hydrogens is 318 g/mol. The second-order valence-electron chi connectivity index (χ2n) is 6.75. The fraction of sp³-hybridized carbons (Fsp3) is 0.400. The van der Waals surface area contributed by atoms with Crippen LogP contribution in [0.4, 0.5) is 4.79 Å². The Hall–Kier alpha value is -2.56. The minimum atomic E-state index is -0.553. The Morgan fingerprint density at radius 1 is 1.24 bits per heavy atom. The predicted molar refractivity (Wildman–Crippen MR) is 98.3 cm³/mol. The highest BCUT2D eigenvalue weighted by molar-refractivity contribution is 5.90. The lowest BCUT2D eigenvalue weighted by Gasteiger charge is -2.27. The molecule has 0 saturated carbocycles. The number of carbonyl (C=O) groups is 2. The van der Waals surface area contributed by atoms with Crippen molar-refractivity contribution in [3.63, 3.8) is 0 Å². The molecule has 1 amide bonds. The Morgan fingerprint density at radius 2 is 1.84 bits per heavy atom. The van der Waals surface area contributed by atoms with E-state index in [-0.39, 0.29) is 11.5 Å². The molecule has 0 N–H and O–H groups in total. The van der Waals surface area contributed by atoms with Crippen molar-refractivity contribution in [1.82, 2.24) is 4.90 Å². The summed E-state index contributed by atoms with van der Waals surface area (Å²) < 4.78 is 10.0. The van der Waals surface area contributed by atoms with Crippen LogP contribution < -0.4 is 0 Å². The maximum absolute atomic E-state index is 12.2.